The van der Waals surface area contributed by atoms with Crippen molar-refractivity contribution in [3.63, 3.8) is 0 Å². The van der Waals surface area contributed by atoms with Gasteiger partial charge in [-0.1, -0.05) is 19.4 Å². The SMILES string of the molecule is CCCC1CC1NCc1cccc(OC)n1. The molecule has 2 unspecified atom stereocenters. The Kier molecular flexibility index (Phi) is 3.78. The third kappa shape index (κ3) is 2.95. The van der Waals surface area contributed by atoms with Crippen LogP contribution in [0.3, 0.4) is 0 Å². The highest BCUT2D eigenvalue weighted by Gasteiger charge is 2.35. The van der Waals surface area contributed by atoms with Gasteiger partial charge in [0.25, 0.3) is 0 Å². The molecule has 1 aliphatic carbocycles. The van der Waals surface area contributed by atoms with E-state index in [0.29, 0.717) is 11.9 Å². The van der Waals surface area contributed by atoms with Crippen molar-refractivity contribution < 1.29 is 4.74 Å². The lowest BCUT2D eigenvalue weighted by Crippen LogP contribution is -2.18. The van der Waals surface area contributed by atoms with Gasteiger partial charge >= 0.3 is 0 Å². The number of methoxy groups -OCH3 is 1. The topological polar surface area (TPSA) is 34.1 Å². The standard InChI is InChI=1S/C13H20N2O/c1-3-5-10-8-12(10)14-9-11-6-4-7-13(15-11)16-2/h4,6-7,10,12,14H,3,5,8-9H2,1-2H3. The summed E-state index contributed by atoms with van der Waals surface area (Å²) in [6, 6.07) is 6.61. The first-order valence-electron chi connectivity index (χ1n) is 6.06. The average molecular weight is 220 g/mol. The van der Waals surface area contributed by atoms with Gasteiger partial charge in [0.05, 0.1) is 12.8 Å². The van der Waals surface area contributed by atoms with Gasteiger partial charge in [-0.25, -0.2) is 4.98 Å². The Morgan fingerprint density at radius 2 is 2.38 bits per heavy atom. The Morgan fingerprint density at radius 1 is 1.50 bits per heavy atom. The number of ether oxygens (including phenoxy) is 1. The monoisotopic (exact) mass is 220 g/mol. The molecule has 0 amide bonds. The van der Waals surface area contributed by atoms with E-state index in [1.807, 2.05) is 18.2 Å². The molecule has 1 N–H and O–H groups in total. The van der Waals surface area contributed by atoms with Crippen molar-refractivity contribution in [2.45, 2.75) is 38.8 Å². The fraction of sp³-hybridized carbons (Fsp3) is 0.615. The molecule has 2 atom stereocenters. The molecule has 1 fully saturated rings. The number of pyridine rings is 1. The van der Waals surface area contributed by atoms with E-state index < -0.39 is 0 Å². The van der Waals surface area contributed by atoms with E-state index in [1.54, 1.807) is 7.11 Å². The van der Waals surface area contributed by atoms with Gasteiger partial charge in [-0.3, -0.25) is 0 Å². The van der Waals surface area contributed by atoms with Crippen LogP contribution in [0, 0.1) is 5.92 Å². The van der Waals surface area contributed by atoms with Crippen molar-refractivity contribution in [2.24, 2.45) is 5.92 Å². The van der Waals surface area contributed by atoms with E-state index in [9.17, 15) is 0 Å². The van der Waals surface area contributed by atoms with Crippen molar-refractivity contribution in [1.82, 2.24) is 10.3 Å². The minimum Gasteiger partial charge on any atom is -0.481 e. The van der Waals surface area contributed by atoms with Crippen LogP contribution < -0.4 is 10.1 Å². The summed E-state index contributed by atoms with van der Waals surface area (Å²) in [5.41, 5.74) is 1.06. The zero-order valence-electron chi connectivity index (χ0n) is 10.1. The maximum absolute atomic E-state index is 5.10. The lowest BCUT2D eigenvalue weighted by atomic mass is 10.2. The van der Waals surface area contributed by atoms with Crippen LogP contribution in [-0.4, -0.2) is 18.1 Å². The molecule has 3 heteroatoms. The summed E-state index contributed by atoms with van der Waals surface area (Å²) in [4.78, 5) is 4.38. The van der Waals surface area contributed by atoms with Gasteiger partial charge in [0.15, 0.2) is 0 Å². The summed E-state index contributed by atoms with van der Waals surface area (Å²) < 4.78 is 5.10. The number of hydrogen-bond donors (Lipinski definition) is 1. The van der Waals surface area contributed by atoms with Crippen LogP contribution in [0.1, 0.15) is 31.9 Å². The molecule has 0 radical (unpaired) electrons. The normalized spacial score (nSPS) is 23.1. The molecule has 1 aromatic heterocycles. The molecule has 1 aromatic rings. The Balaban J connectivity index is 1.77. The fourth-order valence-electron chi connectivity index (χ4n) is 2.09. The molecule has 1 heterocycles. The summed E-state index contributed by atoms with van der Waals surface area (Å²) >= 11 is 0. The van der Waals surface area contributed by atoms with Crippen molar-refractivity contribution in [3.8, 4) is 5.88 Å². The summed E-state index contributed by atoms with van der Waals surface area (Å²) in [6.45, 7) is 3.10. The van der Waals surface area contributed by atoms with Gasteiger partial charge in [0.2, 0.25) is 5.88 Å². The number of aromatic nitrogens is 1. The summed E-state index contributed by atoms with van der Waals surface area (Å²) in [7, 11) is 1.65. The van der Waals surface area contributed by atoms with Crippen molar-refractivity contribution >= 4 is 0 Å². The predicted octanol–water partition coefficient (Wildman–Crippen LogP) is 2.37. The molecule has 16 heavy (non-hydrogen) atoms. The van der Waals surface area contributed by atoms with E-state index in [0.717, 1.165) is 18.2 Å². The van der Waals surface area contributed by atoms with Crippen LogP contribution in [0.15, 0.2) is 18.2 Å². The average Bonchev–Trinajstić information content (AvgIpc) is 3.06. The predicted molar refractivity (Wildman–Crippen MR) is 64.4 cm³/mol. The third-order valence-corrected chi connectivity index (χ3v) is 3.12. The quantitative estimate of drug-likeness (QED) is 0.799. The molecular weight excluding hydrogens is 200 g/mol. The van der Waals surface area contributed by atoms with Crippen LogP contribution >= 0.6 is 0 Å². The van der Waals surface area contributed by atoms with E-state index in [-0.39, 0.29) is 0 Å². The van der Waals surface area contributed by atoms with Crippen LogP contribution in [0.4, 0.5) is 0 Å². The summed E-state index contributed by atoms with van der Waals surface area (Å²) in [6.07, 6.45) is 3.97. The Morgan fingerprint density at radius 3 is 3.12 bits per heavy atom. The molecule has 2 rings (SSSR count). The van der Waals surface area contributed by atoms with Crippen LogP contribution in [0.2, 0.25) is 0 Å². The molecule has 88 valence electrons. The molecule has 0 aliphatic heterocycles. The van der Waals surface area contributed by atoms with Gasteiger partial charge in [-0.05, 0) is 24.8 Å². The first-order valence-corrected chi connectivity index (χ1v) is 6.06. The summed E-state index contributed by atoms with van der Waals surface area (Å²) in [5.74, 6) is 1.59. The van der Waals surface area contributed by atoms with E-state index in [4.69, 9.17) is 4.74 Å². The largest absolute Gasteiger partial charge is 0.481 e. The van der Waals surface area contributed by atoms with Crippen molar-refractivity contribution in [1.29, 1.82) is 0 Å². The lowest BCUT2D eigenvalue weighted by Gasteiger charge is -2.05. The molecule has 1 aliphatic rings. The van der Waals surface area contributed by atoms with E-state index in [1.165, 1.54) is 19.3 Å². The van der Waals surface area contributed by atoms with E-state index in [2.05, 4.69) is 17.2 Å². The van der Waals surface area contributed by atoms with Crippen LogP contribution in [0.5, 0.6) is 5.88 Å². The second kappa shape index (κ2) is 5.30. The van der Waals surface area contributed by atoms with Crippen LogP contribution in [0.25, 0.3) is 0 Å². The highest BCUT2D eigenvalue weighted by atomic mass is 16.5. The molecular formula is C13H20N2O. The molecule has 0 saturated heterocycles. The molecule has 0 spiro atoms. The third-order valence-electron chi connectivity index (χ3n) is 3.12. The Hall–Kier alpha value is -1.09. The molecule has 3 nitrogen and oxygen atoms in total. The van der Waals surface area contributed by atoms with Gasteiger partial charge < -0.3 is 10.1 Å². The zero-order chi connectivity index (χ0) is 11.4. The van der Waals surface area contributed by atoms with Crippen LogP contribution in [-0.2, 0) is 6.54 Å². The second-order valence-corrected chi connectivity index (χ2v) is 4.44. The minimum atomic E-state index is 0.695. The maximum atomic E-state index is 5.10. The zero-order valence-corrected chi connectivity index (χ0v) is 10.1. The minimum absolute atomic E-state index is 0.695. The molecule has 0 aromatic carbocycles. The second-order valence-electron chi connectivity index (χ2n) is 4.44. The van der Waals surface area contributed by atoms with Gasteiger partial charge in [0.1, 0.15) is 0 Å². The fourth-order valence-corrected chi connectivity index (χ4v) is 2.09. The first-order chi connectivity index (χ1) is 7.83. The smallest absolute Gasteiger partial charge is 0.213 e. The lowest BCUT2D eigenvalue weighted by molar-refractivity contribution is 0.395. The van der Waals surface area contributed by atoms with Gasteiger partial charge in [0, 0.05) is 18.7 Å². The number of nitrogens with zero attached hydrogens (tertiary/aromatic N) is 1. The van der Waals surface area contributed by atoms with Crippen molar-refractivity contribution in [3.05, 3.63) is 23.9 Å². The van der Waals surface area contributed by atoms with Gasteiger partial charge in [-0.15, -0.1) is 0 Å². The number of nitrogens with one attached hydrogen (secondary N) is 1. The molecule has 1 saturated carbocycles. The molecule has 0 bridgehead atoms. The Labute approximate surface area is 97.2 Å². The maximum Gasteiger partial charge on any atom is 0.213 e. The van der Waals surface area contributed by atoms with Gasteiger partial charge in [-0.2, -0.15) is 0 Å². The van der Waals surface area contributed by atoms with Crippen molar-refractivity contribution in [2.75, 3.05) is 7.11 Å². The highest BCUT2D eigenvalue weighted by Crippen LogP contribution is 2.34. The van der Waals surface area contributed by atoms with E-state index >= 15 is 0 Å². The first kappa shape index (κ1) is 11.4. The number of hydrogen-bond acceptors (Lipinski definition) is 3. The highest BCUT2D eigenvalue weighted by molar-refractivity contribution is 5.15. The Bertz CT molecular complexity index is 340. The number of rotatable bonds is 6. The summed E-state index contributed by atoms with van der Waals surface area (Å²) in [5, 5.41) is 3.54.